The third kappa shape index (κ3) is 3.77. The van der Waals surface area contributed by atoms with E-state index >= 15 is 0 Å². The molecule has 0 radical (unpaired) electrons. The zero-order chi connectivity index (χ0) is 21.3. The van der Waals surface area contributed by atoms with E-state index < -0.39 is 23.2 Å². The smallest absolute Gasteiger partial charge is 0.259 e. The summed E-state index contributed by atoms with van der Waals surface area (Å²) < 4.78 is 36.7. The van der Waals surface area contributed by atoms with Gasteiger partial charge in [0.25, 0.3) is 5.56 Å². The molecule has 1 aliphatic rings. The third-order valence-electron chi connectivity index (χ3n) is 5.25. The van der Waals surface area contributed by atoms with Crippen molar-refractivity contribution >= 4 is 33.1 Å². The van der Waals surface area contributed by atoms with Gasteiger partial charge in [0.05, 0.1) is 5.39 Å². The summed E-state index contributed by atoms with van der Waals surface area (Å²) in [6, 6.07) is 6.40. The minimum Gasteiger partial charge on any atom is -0.365 e. The Morgan fingerprint density at radius 1 is 1.30 bits per heavy atom. The van der Waals surface area contributed by atoms with Crippen LogP contribution in [0.25, 0.3) is 16.6 Å². The summed E-state index contributed by atoms with van der Waals surface area (Å²) in [4.78, 5) is 21.4. The molecule has 2 aromatic heterocycles. The molecular formula is C21H21F2N5OS. The molecule has 1 aliphatic heterocycles. The fraction of sp³-hybridized carbons (Fsp3) is 0.286. The van der Waals surface area contributed by atoms with Crippen LogP contribution >= 0.6 is 0 Å². The van der Waals surface area contributed by atoms with Gasteiger partial charge in [-0.05, 0) is 18.1 Å². The molecule has 0 aliphatic carbocycles. The fourth-order valence-electron chi connectivity index (χ4n) is 3.56. The van der Waals surface area contributed by atoms with E-state index in [0.717, 1.165) is 11.3 Å². The Labute approximate surface area is 174 Å². The van der Waals surface area contributed by atoms with Crippen LogP contribution in [0, 0.1) is 10.6 Å². The van der Waals surface area contributed by atoms with E-state index in [2.05, 4.69) is 15.3 Å². The summed E-state index contributed by atoms with van der Waals surface area (Å²) in [5.74, 6) is 1.29. The molecule has 3 aromatic rings. The monoisotopic (exact) mass is 429 g/mol. The lowest BCUT2D eigenvalue weighted by atomic mass is 10.0. The minimum absolute atomic E-state index is 0.0178. The van der Waals surface area contributed by atoms with Crippen molar-refractivity contribution in [2.75, 3.05) is 16.8 Å². The molecule has 0 fully saturated rings. The first-order valence-corrected chi connectivity index (χ1v) is 11.0. The second-order valence-electron chi connectivity index (χ2n) is 7.10. The van der Waals surface area contributed by atoms with Crippen molar-refractivity contribution in [1.29, 1.82) is 4.78 Å². The average molecular weight is 429 g/mol. The van der Waals surface area contributed by atoms with Gasteiger partial charge >= 0.3 is 0 Å². The van der Waals surface area contributed by atoms with Crippen LogP contribution in [-0.2, 0) is 31.0 Å². The number of pyridine rings is 1. The number of aryl methyl sites for hydroxylation is 1. The van der Waals surface area contributed by atoms with E-state index in [1.807, 2.05) is 6.08 Å². The number of halogens is 2. The van der Waals surface area contributed by atoms with Gasteiger partial charge in [0.15, 0.2) is 0 Å². The number of aromatic nitrogens is 3. The first kappa shape index (κ1) is 20.3. The second kappa shape index (κ2) is 8.43. The number of benzene rings is 1. The van der Waals surface area contributed by atoms with Gasteiger partial charge in [0.1, 0.15) is 30.3 Å². The summed E-state index contributed by atoms with van der Waals surface area (Å²) in [6.45, 7) is -0.745. The second-order valence-corrected chi connectivity index (χ2v) is 8.83. The molecule has 0 amide bonds. The van der Waals surface area contributed by atoms with Gasteiger partial charge < -0.3 is 5.32 Å². The van der Waals surface area contributed by atoms with Crippen molar-refractivity contribution in [1.82, 2.24) is 14.5 Å². The van der Waals surface area contributed by atoms with Crippen molar-refractivity contribution in [3.63, 3.8) is 0 Å². The van der Waals surface area contributed by atoms with Crippen LogP contribution in [0.15, 0.2) is 41.5 Å². The van der Waals surface area contributed by atoms with Gasteiger partial charge in [-0.15, -0.1) is 10.7 Å². The Morgan fingerprint density at radius 2 is 2.10 bits per heavy atom. The summed E-state index contributed by atoms with van der Waals surface area (Å²) in [7, 11) is 1.27. The van der Waals surface area contributed by atoms with E-state index in [-0.39, 0.29) is 17.7 Å². The standard InChI is InChI=1S/C21H21F2N5OS/c1-28-20-17(9-16(21(28)29)13-5-7-30(24)8-6-13)19(26-12-27-20)25-11-15-4-2-3-14(10-22)18(15)23/h2-5,9,12,24H,6-8,10-11H2,1H3,(H,25,26,27). The zero-order valence-corrected chi connectivity index (χ0v) is 17.2. The van der Waals surface area contributed by atoms with Crippen LogP contribution in [0.3, 0.4) is 0 Å². The molecule has 1 aromatic carbocycles. The van der Waals surface area contributed by atoms with Gasteiger partial charge in [-0.3, -0.25) is 14.1 Å². The Kier molecular flexibility index (Phi) is 5.72. The highest BCUT2D eigenvalue weighted by atomic mass is 32.2. The topological polar surface area (TPSA) is 83.7 Å². The Balaban J connectivity index is 1.74. The molecule has 3 heterocycles. The van der Waals surface area contributed by atoms with Crippen molar-refractivity contribution < 1.29 is 8.78 Å². The van der Waals surface area contributed by atoms with Gasteiger partial charge in [-0.2, -0.15) is 0 Å². The highest BCUT2D eigenvalue weighted by Gasteiger charge is 2.17. The third-order valence-corrected chi connectivity index (χ3v) is 6.51. The maximum atomic E-state index is 14.4. The predicted molar refractivity (Wildman–Crippen MR) is 116 cm³/mol. The Bertz CT molecular complexity index is 1240. The summed E-state index contributed by atoms with van der Waals surface area (Å²) in [6.07, 6.45) is 4.01. The highest BCUT2D eigenvalue weighted by molar-refractivity contribution is 7.86. The van der Waals surface area contributed by atoms with Gasteiger partial charge in [0, 0.05) is 41.8 Å². The maximum Gasteiger partial charge on any atom is 0.259 e. The first-order valence-electron chi connectivity index (χ1n) is 9.48. The number of hydrogen-bond acceptors (Lipinski definition) is 5. The molecule has 2 N–H and O–H groups in total. The van der Waals surface area contributed by atoms with Gasteiger partial charge in [-0.25, -0.2) is 18.7 Å². The first-order chi connectivity index (χ1) is 14.5. The van der Waals surface area contributed by atoms with Crippen LogP contribution < -0.4 is 10.9 Å². The number of allylic oxidation sites excluding steroid dienone is 1. The average Bonchev–Trinajstić information content (AvgIpc) is 2.76. The fourth-order valence-corrected chi connectivity index (χ4v) is 4.59. The Hall–Kier alpha value is -2.94. The van der Waals surface area contributed by atoms with E-state index in [1.165, 1.54) is 17.0 Å². The van der Waals surface area contributed by atoms with Crippen molar-refractivity contribution in [2.45, 2.75) is 19.6 Å². The summed E-state index contributed by atoms with van der Waals surface area (Å²) >= 11 is 0. The van der Waals surface area contributed by atoms with Crippen molar-refractivity contribution in [3.05, 3.63) is 69.5 Å². The van der Waals surface area contributed by atoms with E-state index in [9.17, 15) is 13.6 Å². The number of nitrogens with one attached hydrogen (secondary N) is 2. The molecule has 0 saturated carbocycles. The lowest BCUT2D eigenvalue weighted by Crippen LogP contribution is -2.23. The molecule has 0 bridgehead atoms. The number of fused-ring (bicyclic) bond motifs is 1. The predicted octanol–water partition coefficient (Wildman–Crippen LogP) is 3.72. The molecule has 0 saturated heterocycles. The summed E-state index contributed by atoms with van der Waals surface area (Å²) in [5.41, 5.74) is 2.18. The quantitative estimate of drug-likeness (QED) is 0.648. The number of nitrogens with zero attached hydrogens (tertiary/aromatic N) is 3. The Morgan fingerprint density at radius 3 is 2.83 bits per heavy atom. The minimum atomic E-state index is -0.865. The van der Waals surface area contributed by atoms with Crippen LogP contribution in [0.4, 0.5) is 14.6 Å². The largest absolute Gasteiger partial charge is 0.365 e. The lowest BCUT2D eigenvalue weighted by Gasteiger charge is -2.17. The van der Waals surface area contributed by atoms with Crippen molar-refractivity contribution in [3.8, 4) is 0 Å². The molecule has 156 valence electrons. The molecule has 1 unspecified atom stereocenters. The van der Waals surface area contributed by atoms with Crippen LogP contribution in [-0.4, -0.2) is 26.0 Å². The molecule has 0 spiro atoms. The maximum absolute atomic E-state index is 14.4. The zero-order valence-electron chi connectivity index (χ0n) is 16.4. The van der Waals surface area contributed by atoms with E-state index in [4.69, 9.17) is 4.78 Å². The van der Waals surface area contributed by atoms with E-state index in [1.54, 1.807) is 25.2 Å². The van der Waals surface area contributed by atoms with E-state index in [0.29, 0.717) is 40.2 Å². The number of rotatable bonds is 5. The summed E-state index contributed by atoms with van der Waals surface area (Å²) in [5, 5.41) is 3.75. The molecule has 9 heteroatoms. The molecule has 4 rings (SSSR count). The molecule has 6 nitrogen and oxygen atoms in total. The highest BCUT2D eigenvalue weighted by Crippen LogP contribution is 2.26. The molecule has 1 atom stereocenters. The lowest BCUT2D eigenvalue weighted by molar-refractivity contribution is 0.461. The number of hydrogen-bond donors (Lipinski definition) is 2. The normalized spacial score (nSPS) is 16.5. The SMILES string of the molecule is Cn1c(=O)c(C2=CCS(=N)CC2)cc2c(NCc3cccc(CF)c3F)ncnc21. The van der Waals surface area contributed by atoms with Crippen LogP contribution in [0.2, 0.25) is 0 Å². The van der Waals surface area contributed by atoms with Crippen LogP contribution in [0.5, 0.6) is 0 Å². The van der Waals surface area contributed by atoms with Gasteiger partial charge in [0.2, 0.25) is 0 Å². The van der Waals surface area contributed by atoms with Crippen LogP contribution in [0.1, 0.15) is 23.1 Å². The number of anilines is 1. The molecular weight excluding hydrogens is 408 g/mol. The number of alkyl halides is 1. The molecule has 30 heavy (non-hydrogen) atoms. The van der Waals surface area contributed by atoms with Gasteiger partial charge in [-0.1, -0.05) is 24.3 Å². The van der Waals surface area contributed by atoms with Crippen molar-refractivity contribution in [2.24, 2.45) is 7.05 Å².